The zero-order valence-corrected chi connectivity index (χ0v) is 18.8. The molecule has 0 aliphatic carbocycles. The number of hydrogen-bond donors (Lipinski definition) is 0. The number of benzene rings is 1. The summed E-state index contributed by atoms with van der Waals surface area (Å²) in [6, 6.07) is 8.06. The van der Waals surface area contributed by atoms with Gasteiger partial charge in [-0.1, -0.05) is 26.0 Å². The monoisotopic (exact) mass is 408 g/mol. The number of hydrogen-bond acceptors (Lipinski definition) is 4. The normalized spacial score (nSPS) is 12.4. The number of aromatic nitrogens is 5. The van der Waals surface area contributed by atoms with E-state index in [-0.39, 0.29) is 11.9 Å². The van der Waals surface area contributed by atoms with Crippen LogP contribution in [-0.2, 0) is 17.8 Å². The molecule has 3 aromatic rings. The first-order valence-corrected chi connectivity index (χ1v) is 10.5. The maximum atomic E-state index is 12.9. The van der Waals surface area contributed by atoms with Gasteiger partial charge in [-0.3, -0.25) is 9.48 Å². The molecule has 3 rings (SSSR count). The average Bonchev–Trinajstić information content (AvgIpc) is 3.34. The highest BCUT2D eigenvalue weighted by Gasteiger charge is 2.19. The van der Waals surface area contributed by atoms with Crippen molar-refractivity contribution in [3.8, 4) is 5.69 Å². The van der Waals surface area contributed by atoms with Crippen LogP contribution in [0.15, 0.2) is 36.9 Å². The first-order valence-electron chi connectivity index (χ1n) is 10.5. The van der Waals surface area contributed by atoms with Crippen molar-refractivity contribution >= 4 is 5.91 Å². The van der Waals surface area contributed by atoms with Gasteiger partial charge in [0.25, 0.3) is 0 Å². The summed E-state index contributed by atoms with van der Waals surface area (Å²) >= 11 is 0. The van der Waals surface area contributed by atoms with Crippen LogP contribution in [0.4, 0.5) is 0 Å². The van der Waals surface area contributed by atoms with Gasteiger partial charge in [-0.25, -0.2) is 9.67 Å². The topological polar surface area (TPSA) is 68.8 Å². The second kappa shape index (κ2) is 9.24. The number of amides is 1. The molecule has 0 bridgehead atoms. The molecular formula is C23H32N6O. The molecule has 1 atom stereocenters. The Balaban J connectivity index is 1.62. The SMILES string of the molecule is Cc1nn(CC(C)C)c(C)c1CCC(=O)N(C)[C@H](C)c1ccc(-n2cncn2)cc1. The second-order valence-electron chi connectivity index (χ2n) is 8.34. The largest absolute Gasteiger partial charge is 0.339 e. The van der Waals surface area contributed by atoms with Gasteiger partial charge in [-0.15, -0.1) is 0 Å². The lowest BCUT2D eigenvalue weighted by molar-refractivity contribution is -0.131. The highest BCUT2D eigenvalue weighted by Crippen LogP contribution is 2.22. The summed E-state index contributed by atoms with van der Waals surface area (Å²) in [6.07, 6.45) is 4.38. The predicted octanol–water partition coefficient (Wildman–Crippen LogP) is 3.89. The standard InChI is InChI=1S/C23H32N6O/c1-16(2)13-28-19(5)22(17(3)26-28)11-12-23(30)27(6)18(4)20-7-9-21(10-8-20)29-15-24-14-25-29/h7-10,14-16,18H,11-13H2,1-6H3/t18-/m1/s1. The summed E-state index contributed by atoms with van der Waals surface area (Å²) in [5, 5.41) is 8.81. The zero-order valence-electron chi connectivity index (χ0n) is 18.8. The van der Waals surface area contributed by atoms with Crippen molar-refractivity contribution in [1.29, 1.82) is 0 Å². The molecular weight excluding hydrogens is 376 g/mol. The van der Waals surface area contributed by atoms with Gasteiger partial charge < -0.3 is 4.90 Å². The Morgan fingerprint density at radius 1 is 1.13 bits per heavy atom. The summed E-state index contributed by atoms with van der Waals surface area (Å²) in [6.45, 7) is 11.5. The maximum absolute atomic E-state index is 12.9. The molecule has 7 nitrogen and oxygen atoms in total. The molecule has 2 heterocycles. The van der Waals surface area contributed by atoms with E-state index in [1.807, 2.05) is 43.1 Å². The fraction of sp³-hybridized carbons (Fsp3) is 0.478. The minimum Gasteiger partial charge on any atom is -0.339 e. The molecule has 30 heavy (non-hydrogen) atoms. The average molecular weight is 409 g/mol. The number of carbonyl (C=O) groups is 1. The predicted molar refractivity (Wildman–Crippen MR) is 117 cm³/mol. The summed E-state index contributed by atoms with van der Waals surface area (Å²) in [5.41, 5.74) is 5.43. The van der Waals surface area contributed by atoms with Crippen molar-refractivity contribution in [3.05, 3.63) is 59.4 Å². The van der Waals surface area contributed by atoms with Gasteiger partial charge in [0.2, 0.25) is 5.91 Å². The molecule has 1 aromatic carbocycles. The van der Waals surface area contributed by atoms with Crippen molar-refractivity contribution in [1.82, 2.24) is 29.4 Å². The Bertz CT molecular complexity index is 972. The lowest BCUT2D eigenvalue weighted by Gasteiger charge is -2.25. The van der Waals surface area contributed by atoms with Crippen molar-refractivity contribution < 1.29 is 4.79 Å². The number of aryl methyl sites for hydroxylation is 1. The lowest BCUT2D eigenvalue weighted by Crippen LogP contribution is -2.29. The van der Waals surface area contributed by atoms with Crippen LogP contribution in [0, 0.1) is 19.8 Å². The van der Waals surface area contributed by atoms with Gasteiger partial charge in [0.15, 0.2) is 0 Å². The lowest BCUT2D eigenvalue weighted by atomic mass is 10.0. The molecule has 0 spiro atoms. The fourth-order valence-corrected chi connectivity index (χ4v) is 3.71. The second-order valence-corrected chi connectivity index (χ2v) is 8.34. The highest BCUT2D eigenvalue weighted by molar-refractivity contribution is 5.76. The quantitative estimate of drug-likeness (QED) is 0.567. The van der Waals surface area contributed by atoms with E-state index in [9.17, 15) is 4.79 Å². The maximum Gasteiger partial charge on any atom is 0.223 e. The summed E-state index contributed by atoms with van der Waals surface area (Å²) in [4.78, 5) is 18.7. The summed E-state index contributed by atoms with van der Waals surface area (Å²) < 4.78 is 3.79. The van der Waals surface area contributed by atoms with E-state index in [0.29, 0.717) is 12.3 Å². The van der Waals surface area contributed by atoms with E-state index in [1.165, 1.54) is 17.6 Å². The number of nitrogens with zero attached hydrogens (tertiary/aromatic N) is 6. The number of rotatable bonds is 8. The minimum atomic E-state index is -0.00634. The first-order chi connectivity index (χ1) is 14.3. The van der Waals surface area contributed by atoms with Crippen LogP contribution in [0.1, 0.15) is 55.7 Å². The molecule has 0 radical (unpaired) electrons. The third-order valence-corrected chi connectivity index (χ3v) is 5.69. The Kier molecular flexibility index (Phi) is 6.70. The molecule has 0 fully saturated rings. The van der Waals surface area contributed by atoms with Crippen LogP contribution >= 0.6 is 0 Å². The van der Waals surface area contributed by atoms with E-state index in [2.05, 4.69) is 47.6 Å². The van der Waals surface area contributed by atoms with Gasteiger partial charge in [-0.05, 0) is 56.4 Å². The third kappa shape index (κ3) is 4.78. The van der Waals surface area contributed by atoms with Crippen molar-refractivity contribution in [2.24, 2.45) is 5.92 Å². The van der Waals surface area contributed by atoms with Gasteiger partial charge in [0, 0.05) is 25.7 Å². The van der Waals surface area contributed by atoms with Gasteiger partial charge in [-0.2, -0.15) is 10.2 Å². The van der Waals surface area contributed by atoms with Crippen LogP contribution in [0.25, 0.3) is 5.69 Å². The summed E-state index contributed by atoms with van der Waals surface area (Å²) in [7, 11) is 1.88. The molecule has 7 heteroatoms. The van der Waals surface area contributed by atoms with Crippen molar-refractivity contribution in [3.63, 3.8) is 0 Å². The molecule has 0 N–H and O–H groups in total. The van der Waals surface area contributed by atoms with Gasteiger partial charge in [0.05, 0.1) is 17.4 Å². The van der Waals surface area contributed by atoms with E-state index in [0.717, 1.165) is 29.9 Å². The van der Waals surface area contributed by atoms with E-state index in [1.54, 1.807) is 11.0 Å². The van der Waals surface area contributed by atoms with Crippen molar-refractivity contribution in [2.75, 3.05) is 7.05 Å². The van der Waals surface area contributed by atoms with Gasteiger partial charge in [0.1, 0.15) is 12.7 Å². The first kappa shape index (κ1) is 21.7. The molecule has 0 saturated carbocycles. The highest BCUT2D eigenvalue weighted by atomic mass is 16.2. The van der Waals surface area contributed by atoms with Crippen molar-refractivity contribution in [2.45, 2.75) is 60.0 Å². The van der Waals surface area contributed by atoms with E-state index < -0.39 is 0 Å². The molecule has 0 saturated heterocycles. The van der Waals surface area contributed by atoms with Gasteiger partial charge >= 0.3 is 0 Å². The van der Waals surface area contributed by atoms with Crippen LogP contribution < -0.4 is 0 Å². The van der Waals surface area contributed by atoms with Crippen LogP contribution in [-0.4, -0.2) is 42.4 Å². The molecule has 1 amide bonds. The fourth-order valence-electron chi connectivity index (χ4n) is 3.71. The summed E-state index contributed by atoms with van der Waals surface area (Å²) in [5.74, 6) is 0.679. The Morgan fingerprint density at radius 2 is 1.83 bits per heavy atom. The minimum absolute atomic E-state index is 0.00634. The van der Waals surface area contributed by atoms with E-state index >= 15 is 0 Å². The molecule has 2 aromatic heterocycles. The Morgan fingerprint density at radius 3 is 2.43 bits per heavy atom. The molecule has 160 valence electrons. The Hall–Kier alpha value is -2.96. The molecule has 0 aliphatic rings. The van der Waals surface area contributed by atoms with Crippen LogP contribution in [0.5, 0.6) is 0 Å². The smallest absolute Gasteiger partial charge is 0.223 e. The zero-order chi connectivity index (χ0) is 21.8. The third-order valence-electron chi connectivity index (χ3n) is 5.69. The Labute approximate surface area is 178 Å². The molecule has 0 aliphatic heterocycles. The molecule has 0 unspecified atom stereocenters. The number of carbonyl (C=O) groups excluding carboxylic acids is 1. The van der Waals surface area contributed by atoms with Crippen LogP contribution in [0.3, 0.4) is 0 Å². The van der Waals surface area contributed by atoms with Crippen LogP contribution in [0.2, 0.25) is 0 Å². The van der Waals surface area contributed by atoms with E-state index in [4.69, 9.17) is 0 Å².